The minimum Gasteiger partial charge on any atom is -0.496 e. The molecule has 4 rings (SSSR count). The maximum Gasteiger partial charge on any atom is 0.310 e. The van der Waals surface area contributed by atoms with Gasteiger partial charge in [-0.1, -0.05) is 30.3 Å². The number of carbonyl (C=O) groups excluding carboxylic acids is 1. The van der Waals surface area contributed by atoms with Gasteiger partial charge in [-0.05, 0) is 30.3 Å². The third kappa shape index (κ3) is 4.31. The zero-order valence-corrected chi connectivity index (χ0v) is 17.8. The summed E-state index contributed by atoms with van der Waals surface area (Å²) < 4.78 is 37.1. The molecule has 0 unspecified atom stereocenters. The Balaban J connectivity index is 1.80. The lowest BCUT2D eigenvalue weighted by Gasteiger charge is -2.23. The van der Waals surface area contributed by atoms with E-state index in [1.54, 1.807) is 43.5 Å². The molecule has 0 saturated carbocycles. The molecule has 2 heterocycles. The predicted octanol–water partition coefficient (Wildman–Crippen LogP) is 3.65. The molecule has 0 bridgehead atoms. The van der Waals surface area contributed by atoms with Crippen LogP contribution < -0.4 is 9.46 Å². The highest BCUT2D eigenvalue weighted by molar-refractivity contribution is 7.92. The second kappa shape index (κ2) is 8.27. The first-order valence-corrected chi connectivity index (χ1v) is 11.4. The van der Waals surface area contributed by atoms with Crippen LogP contribution in [-0.4, -0.2) is 38.4 Å². The lowest BCUT2D eigenvalue weighted by atomic mass is 9.96. The molecule has 2 aromatic carbocycles. The highest BCUT2D eigenvalue weighted by Crippen LogP contribution is 2.39. The van der Waals surface area contributed by atoms with Crippen molar-refractivity contribution in [3.05, 3.63) is 83.8 Å². The van der Waals surface area contributed by atoms with E-state index >= 15 is 0 Å². The molecule has 1 atom stereocenters. The second-order valence-corrected chi connectivity index (χ2v) is 8.80. The highest BCUT2D eigenvalue weighted by Gasteiger charge is 2.36. The molecule has 31 heavy (non-hydrogen) atoms. The van der Waals surface area contributed by atoms with Crippen LogP contribution in [-0.2, 0) is 10.0 Å². The minimum absolute atomic E-state index is 0.142. The van der Waals surface area contributed by atoms with E-state index in [0.717, 1.165) is 11.8 Å². The van der Waals surface area contributed by atoms with Crippen LogP contribution >= 0.6 is 0 Å². The molecule has 1 aromatic heterocycles. The molecule has 0 radical (unpaired) electrons. The first-order valence-electron chi connectivity index (χ1n) is 9.52. The average Bonchev–Trinajstić information content (AvgIpc) is 3.43. The largest absolute Gasteiger partial charge is 0.496 e. The number of hydrogen-bond donors (Lipinski definition) is 1. The molecule has 0 aliphatic carbocycles. The van der Waals surface area contributed by atoms with Crippen molar-refractivity contribution < 1.29 is 22.4 Å². The van der Waals surface area contributed by atoms with Crippen molar-refractivity contribution in [3.63, 3.8) is 0 Å². The van der Waals surface area contributed by atoms with Crippen molar-refractivity contribution >= 4 is 27.3 Å². The van der Waals surface area contributed by atoms with Gasteiger partial charge in [-0.15, -0.1) is 0 Å². The van der Waals surface area contributed by atoms with Crippen LogP contribution in [0.4, 0.5) is 5.69 Å². The Bertz CT molecular complexity index is 1240. The minimum atomic E-state index is -3.52. The van der Waals surface area contributed by atoms with Crippen molar-refractivity contribution in [2.45, 2.75) is 12.5 Å². The van der Waals surface area contributed by atoms with Gasteiger partial charge in [0.05, 0.1) is 37.1 Å². The number of nitrogens with zero attached hydrogens (tertiary/aromatic N) is 2. The van der Waals surface area contributed by atoms with Gasteiger partial charge in [0, 0.05) is 17.5 Å². The molecular formula is C22H21N3O5S. The standard InChI is InChI=1S/C22H21N3O5S/c1-29-20-11-6-4-9-16(20)18-14-19(25(23-18)22(26)21-12-7-13-30-21)15-8-3-5-10-17(15)24-31(2,27)28/h3-13,19,24H,14H2,1-2H3/t19-/m0/s1. The summed E-state index contributed by atoms with van der Waals surface area (Å²) in [7, 11) is -1.94. The Morgan fingerprint density at radius 1 is 1.13 bits per heavy atom. The van der Waals surface area contributed by atoms with Gasteiger partial charge in [0.15, 0.2) is 5.76 Å². The maximum absolute atomic E-state index is 13.2. The Labute approximate surface area is 180 Å². The summed E-state index contributed by atoms with van der Waals surface area (Å²) in [6.07, 6.45) is 2.87. The fourth-order valence-corrected chi connectivity index (χ4v) is 4.16. The maximum atomic E-state index is 13.2. The van der Waals surface area contributed by atoms with Gasteiger partial charge in [0.2, 0.25) is 10.0 Å². The lowest BCUT2D eigenvalue weighted by molar-refractivity contribution is 0.0679. The quantitative estimate of drug-likeness (QED) is 0.632. The van der Waals surface area contributed by atoms with Crippen LogP contribution in [0.1, 0.15) is 34.1 Å². The predicted molar refractivity (Wildman–Crippen MR) is 117 cm³/mol. The number of benzene rings is 2. The van der Waals surface area contributed by atoms with Crippen LogP contribution in [0.3, 0.4) is 0 Å². The van der Waals surface area contributed by atoms with Gasteiger partial charge >= 0.3 is 5.91 Å². The molecule has 0 saturated heterocycles. The SMILES string of the molecule is COc1ccccc1C1=NN(C(=O)c2ccco2)[C@H](c2ccccc2NS(C)(=O)=O)C1. The number of furan rings is 1. The van der Waals surface area contributed by atoms with Crippen molar-refractivity contribution in [2.75, 3.05) is 18.1 Å². The first-order chi connectivity index (χ1) is 14.9. The smallest absolute Gasteiger partial charge is 0.310 e. The van der Waals surface area contributed by atoms with Crippen LogP contribution in [0.2, 0.25) is 0 Å². The first kappa shape index (κ1) is 20.7. The molecule has 8 nitrogen and oxygen atoms in total. The van der Waals surface area contributed by atoms with E-state index in [-0.39, 0.29) is 5.76 Å². The van der Waals surface area contributed by atoms with Gasteiger partial charge in [0.1, 0.15) is 5.75 Å². The molecule has 160 valence electrons. The Hall–Kier alpha value is -3.59. The number of anilines is 1. The fourth-order valence-electron chi connectivity index (χ4n) is 3.58. The summed E-state index contributed by atoms with van der Waals surface area (Å²) in [6.45, 7) is 0. The Morgan fingerprint density at radius 3 is 2.58 bits per heavy atom. The van der Waals surface area contributed by atoms with E-state index in [9.17, 15) is 13.2 Å². The number of ether oxygens (including phenoxy) is 1. The van der Waals surface area contributed by atoms with Crippen LogP contribution in [0.5, 0.6) is 5.75 Å². The van der Waals surface area contributed by atoms with Gasteiger partial charge < -0.3 is 9.15 Å². The van der Waals surface area contributed by atoms with Crippen molar-refractivity contribution in [2.24, 2.45) is 5.10 Å². The number of amides is 1. The summed E-state index contributed by atoms with van der Waals surface area (Å²) in [5.74, 6) is 0.354. The number of sulfonamides is 1. The number of hydrazone groups is 1. The third-order valence-electron chi connectivity index (χ3n) is 4.88. The van der Waals surface area contributed by atoms with Gasteiger partial charge in [0.25, 0.3) is 0 Å². The monoisotopic (exact) mass is 439 g/mol. The summed E-state index contributed by atoms with van der Waals surface area (Å²) in [6, 6.07) is 17.0. The van der Waals surface area contributed by atoms with Crippen molar-refractivity contribution in [3.8, 4) is 5.75 Å². The number of nitrogens with one attached hydrogen (secondary N) is 1. The Kier molecular flexibility index (Phi) is 5.51. The molecular weight excluding hydrogens is 418 g/mol. The van der Waals surface area contributed by atoms with E-state index in [4.69, 9.17) is 9.15 Å². The number of hydrogen-bond acceptors (Lipinski definition) is 6. The normalized spacial score (nSPS) is 16.1. The molecule has 1 N–H and O–H groups in total. The van der Waals surface area contributed by atoms with E-state index in [1.165, 1.54) is 11.3 Å². The van der Waals surface area contributed by atoms with E-state index in [2.05, 4.69) is 9.82 Å². The molecule has 3 aromatic rings. The zero-order chi connectivity index (χ0) is 22.0. The Morgan fingerprint density at radius 2 is 1.87 bits per heavy atom. The van der Waals surface area contributed by atoms with Crippen LogP contribution in [0.25, 0.3) is 0 Å². The van der Waals surface area contributed by atoms with Crippen LogP contribution in [0.15, 0.2) is 76.4 Å². The third-order valence-corrected chi connectivity index (χ3v) is 5.47. The second-order valence-electron chi connectivity index (χ2n) is 7.06. The summed E-state index contributed by atoms with van der Waals surface area (Å²) in [5.41, 5.74) is 2.43. The van der Waals surface area contributed by atoms with Crippen molar-refractivity contribution in [1.29, 1.82) is 0 Å². The average molecular weight is 439 g/mol. The molecule has 1 aliphatic heterocycles. The van der Waals surface area contributed by atoms with E-state index < -0.39 is 22.0 Å². The van der Waals surface area contributed by atoms with Gasteiger partial charge in [-0.25, -0.2) is 13.4 Å². The summed E-state index contributed by atoms with van der Waals surface area (Å²) in [4.78, 5) is 13.2. The molecule has 1 amide bonds. The number of rotatable bonds is 6. The molecule has 0 fully saturated rings. The molecule has 9 heteroatoms. The van der Waals surface area contributed by atoms with E-state index in [1.807, 2.05) is 24.3 Å². The highest BCUT2D eigenvalue weighted by atomic mass is 32.2. The van der Waals surface area contributed by atoms with Crippen molar-refractivity contribution in [1.82, 2.24) is 5.01 Å². The zero-order valence-electron chi connectivity index (χ0n) is 17.0. The number of carbonyl (C=O) groups is 1. The summed E-state index contributed by atoms with van der Waals surface area (Å²) >= 11 is 0. The fraction of sp³-hybridized carbons (Fsp3) is 0.182. The molecule has 0 spiro atoms. The van der Waals surface area contributed by atoms with E-state index in [0.29, 0.717) is 29.1 Å². The van der Waals surface area contributed by atoms with Gasteiger partial charge in [-0.2, -0.15) is 5.10 Å². The lowest BCUT2D eigenvalue weighted by Crippen LogP contribution is -2.27. The van der Waals surface area contributed by atoms with Gasteiger partial charge in [-0.3, -0.25) is 9.52 Å². The molecule has 1 aliphatic rings. The number of methoxy groups -OCH3 is 1. The topological polar surface area (TPSA) is 101 Å². The van der Waals surface area contributed by atoms with Crippen LogP contribution in [0, 0.1) is 0 Å². The number of para-hydroxylation sites is 2. The summed E-state index contributed by atoms with van der Waals surface area (Å²) in [5, 5.41) is 5.94.